The Bertz CT molecular complexity index is 430. The number of amides is 1. The van der Waals surface area contributed by atoms with Gasteiger partial charge in [-0.05, 0) is 12.1 Å². The number of nitrogens with one attached hydrogen (secondary N) is 1. The lowest BCUT2D eigenvalue weighted by atomic mass is 10.2. The molecule has 3 N–H and O–H groups in total. The third kappa shape index (κ3) is 4.57. The Morgan fingerprint density at radius 1 is 1.39 bits per heavy atom. The molecular weight excluding hydrogens is 308 g/mol. The summed E-state index contributed by atoms with van der Waals surface area (Å²) < 4.78 is 25.6. The Hall–Kier alpha value is -0.620. The number of rotatable bonds is 4. The Kier molecular flexibility index (Phi) is 6.84. The van der Waals surface area contributed by atoms with Gasteiger partial charge in [0.25, 0.3) is 11.8 Å². The van der Waals surface area contributed by atoms with Gasteiger partial charge in [0, 0.05) is 0 Å². The number of hydrogen-bond acceptors (Lipinski definition) is 2. The molecule has 0 spiro atoms. The quantitative estimate of drug-likeness (QED) is 0.896. The SMILES string of the molecule is Cl.NCC(F)(F)CNC(=O)c1cccc(Cl)c1Cl. The third-order valence-corrected chi connectivity index (χ3v) is 2.82. The lowest BCUT2D eigenvalue weighted by molar-refractivity contribution is 0.0118. The summed E-state index contributed by atoms with van der Waals surface area (Å²) in [5.41, 5.74) is 4.88. The lowest BCUT2D eigenvalue weighted by Crippen LogP contribution is -2.41. The van der Waals surface area contributed by atoms with E-state index in [0.29, 0.717) is 0 Å². The molecule has 0 bridgehead atoms. The summed E-state index contributed by atoms with van der Waals surface area (Å²) in [5.74, 6) is -3.86. The van der Waals surface area contributed by atoms with Gasteiger partial charge < -0.3 is 11.1 Å². The van der Waals surface area contributed by atoms with Crippen LogP contribution in [0.2, 0.25) is 10.0 Å². The van der Waals surface area contributed by atoms with Crippen LogP contribution in [-0.4, -0.2) is 24.9 Å². The van der Waals surface area contributed by atoms with E-state index in [1.165, 1.54) is 18.2 Å². The third-order valence-electron chi connectivity index (χ3n) is 2.00. The maximum Gasteiger partial charge on any atom is 0.277 e. The summed E-state index contributed by atoms with van der Waals surface area (Å²) in [4.78, 5) is 11.6. The first-order valence-electron chi connectivity index (χ1n) is 4.67. The van der Waals surface area contributed by atoms with Gasteiger partial charge in [0.05, 0.1) is 28.7 Å². The van der Waals surface area contributed by atoms with Crippen molar-refractivity contribution < 1.29 is 13.6 Å². The number of carbonyl (C=O) groups is 1. The minimum atomic E-state index is -3.14. The predicted molar refractivity (Wildman–Crippen MR) is 70.0 cm³/mol. The van der Waals surface area contributed by atoms with E-state index in [0.717, 1.165) is 0 Å². The van der Waals surface area contributed by atoms with Crippen molar-refractivity contribution in [2.75, 3.05) is 13.1 Å². The highest BCUT2D eigenvalue weighted by atomic mass is 35.5. The zero-order valence-electron chi connectivity index (χ0n) is 9.05. The molecule has 0 atom stereocenters. The van der Waals surface area contributed by atoms with E-state index in [1.807, 2.05) is 5.32 Å². The average molecular weight is 320 g/mol. The summed E-state index contributed by atoms with van der Waals surface area (Å²) >= 11 is 11.5. The van der Waals surface area contributed by atoms with Crippen LogP contribution >= 0.6 is 35.6 Å². The van der Waals surface area contributed by atoms with E-state index in [1.54, 1.807) is 0 Å². The van der Waals surface area contributed by atoms with Crippen molar-refractivity contribution >= 4 is 41.5 Å². The summed E-state index contributed by atoms with van der Waals surface area (Å²) in [6.45, 7) is -1.68. The van der Waals surface area contributed by atoms with Crippen molar-refractivity contribution in [2.45, 2.75) is 5.92 Å². The minimum absolute atomic E-state index is 0. The van der Waals surface area contributed by atoms with Crippen molar-refractivity contribution in [3.05, 3.63) is 33.8 Å². The molecule has 0 aliphatic carbocycles. The van der Waals surface area contributed by atoms with Gasteiger partial charge in [-0.15, -0.1) is 12.4 Å². The molecule has 0 saturated carbocycles. The molecule has 0 unspecified atom stereocenters. The minimum Gasteiger partial charge on any atom is -0.346 e. The van der Waals surface area contributed by atoms with Gasteiger partial charge in [-0.25, -0.2) is 8.78 Å². The number of halogens is 5. The summed E-state index contributed by atoms with van der Waals surface area (Å²) in [6, 6.07) is 4.39. The molecule has 3 nitrogen and oxygen atoms in total. The number of nitrogens with two attached hydrogens (primary N) is 1. The fourth-order valence-electron chi connectivity index (χ4n) is 1.06. The first kappa shape index (κ1) is 17.4. The zero-order valence-corrected chi connectivity index (χ0v) is 11.4. The molecule has 102 valence electrons. The van der Waals surface area contributed by atoms with Gasteiger partial charge in [-0.1, -0.05) is 29.3 Å². The first-order valence-corrected chi connectivity index (χ1v) is 5.43. The predicted octanol–water partition coefficient (Wildman–Crippen LogP) is 2.74. The summed E-state index contributed by atoms with van der Waals surface area (Å²) in [7, 11) is 0. The smallest absolute Gasteiger partial charge is 0.277 e. The molecule has 18 heavy (non-hydrogen) atoms. The van der Waals surface area contributed by atoms with E-state index < -0.39 is 24.9 Å². The molecule has 0 aliphatic rings. The fourth-order valence-corrected chi connectivity index (χ4v) is 1.44. The van der Waals surface area contributed by atoms with Crippen LogP contribution in [0.15, 0.2) is 18.2 Å². The Labute approximate surface area is 119 Å². The number of alkyl halides is 2. The normalized spacial score (nSPS) is 10.7. The lowest BCUT2D eigenvalue weighted by Gasteiger charge is -2.15. The van der Waals surface area contributed by atoms with Gasteiger partial charge in [0.1, 0.15) is 0 Å². The molecule has 0 radical (unpaired) electrons. The zero-order chi connectivity index (χ0) is 13.1. The van der Waals surface area contributed by atoms with Crippen LogP contribution in [0.4, 0.5) is 8.78 Å². The first-order chi connectivity index (χ1) is 7.87. The molecule has 0 heterocycles. The molecule has 0 fully saturated rings. The van der Waals surface area contributed by atoms with Crippen LogP contribution in [0.3, 0.4) is 0 Å². The fraction of sp³-hybridized carbons (Fsp3) is 0.300. The molecule has 8 heteroatoms. The maximum absolute atomic E-state index is 12.8. The molecule has 0 saturated heterocycles. The van der Waals surface area contributed by atoms with E-state index in [9.17, 15) is 13.6 Å². The van der Waals surface area contributed by atoms with E-state index in [2.05, 4.69) is 0 Å². The number of hydrogen-bond donors (Lipinski definition) is 2. The van der Waals surface area contributed by atoms with E-state index in [4.69, 9.17) is 28.9 Å². The van der Waals surface area contributed by atoms with Crippen LogP contribution in [0.5, 0.6) is 0 Å². The number of benzene rings is 1. The standard InChI is InChI=1S/C10H10Cl2F2N2O.ClH/c11-7-3-1-2-6(8(7)12)9(17)16-5-10(13,14)4-15;/h1-3H,4-5,15H2,(H,16,17);1H. The molecular formula is C10H11Cl3F2N2O. The molecule has 1 rings (SSSR count). The molecule has 1 amide bonds. The van der Waals surface area contributed by atoms with Gasteiger partial charge in [0.2, 0.25) is 0 Å². The van der Waals surface area contributed by atoms with E-state index in [-0.39, 0.29) is 28.0 Å². The summed E-state index contributed by atoms with van der Waals surface area (Å²) in [5, 5.41) is 2.26. The Morgan fingerprint density at radius 2 is 2.00 bits per heavy atom. The topological polar surface area (TPSA) is 55.1 Å². The van der Waals surface area contributed by atoms with Crippen molar-refractivity contribution in [1.82, 2.24) is 5.32 Å². The Balaban J connectivity index is 0.00000289. The molecule has 1 aromatic carbocycles. The molecule has 0 aromatic heterocycles. The maximum atomic E-state index is 12.8. The molecule has 1 aromatic rings. The molecule has 0 aliphatic heterocycles. The largest absolute Gasteiger partial charge is 0.346 e. The van der Waals surface area contributed by atoms with E-state index >= 15 is 0 Å². The highest BCUT2D eigenvalue weighted by molar-refractivity contribution is 6.43. The van der Waals surface area contributed by atoms with Crippen molar-refractivity contribution in [2.24, 2.45) is 5.73 Å². The monoisotopic (exact) mass is 318 g/mol. The van der Waals surface area contributed by atoms with Crippen molar-refractivity contribution in [3.8, 4) is 0 Å². The highest BCUT2D eigenvalue weighted by Gasteiger charge is 2.27. The van der Waals surface area contributed by atoms with Gasteiger partial charge in [0.15, 0.2) is 0 Å². The highest BCUT2D eigenvalue weighted by Crippen LogP contribution is 2.25. The summed E-state index contributed by atoms with van der Waals surface area (Å²) in [6.07, 6.45) is 0. The second-order valence-electron chi connectivity index (χ2n) is 3.34. The Morgan fingerprint density at radius 3 is 2.56 bits per heavy atom. The second kappa shape index (κ2) is 7.09. The second-order valence-corrected chi connectivity index (χ2v) is 4.13. The van der Waals surface area contributed by atoms with Gasteiger partial charge in [-0.3, -0.25) is 4.79 Å². The van der Waals surface area contributed by atoms with Crippen LogP contribution in [0.1, 0.15) is 10.4 Å². The number of carbonyl (C=O) groups excluding carboxylic acids is 1. The van der Waals surface area contributed by atoms with Crippen LogP contribution in [0, 0.1) is 0 Å². The van der Waals surface area contributed by atoms with Crippen LogP contribution < -0.4 is 11.1 Å². The van der Waals surface area contributed by atoms with Crippen LogP contribution in [0.25, 0.3) is 0 Å². The average Bonchev–Trinajstić information content (AvgIpc) is 2.30. The van der Waals surface area contributed by atoms with Crippen molar-refractivity contribution in [3.63, 3.8) is 0 Å². The van der Waals surface area contributed by atoms with Gasteiger partial charge in [-0.2, -0.15) is 0 Å². The van der Waals surface area contributed by atoms with Crippen molar-refractivity contribution in [1.29, 1.82) is 0 Å². The van der Waals surface area contributed by atoms with Gasteiger partial charge >= 0.3 is 0 Å². The van der Waals surface area contributed by atoms with Crippen LogP contribution in [-0.2, 0) is 0 Å².